The van der Waals surface area contributed by atoms with E-state index in [1.165, 1.54) is 0 Å². The van der Waals surface area contributed by atoms with Crippen molar-refractivity contribution in [3.8, 4) is 0 Å². The fraction of sp³-hybridized carbons (Fsp3) is 0.0625. The van der Waals surface area contributed by atoms with E-state index in [0.29, 0.717) is 5.57 Å². The number of rotatable bonds is 3. The summed E-state index contributed by atoms with van der Waals surface area (Å²) in [7, 11) is 1.76. The SMILES string of the molecule is C=C(C(=O)N(C)c1ccccc1)c1ccccc1. The van der Waals surface area contributed by atoms with E-state index in [1.54, 1.807) is 11.9 Å². The number of amides is 1. The molecule has 2 nitrogen and oxygen atoms in total. The lowest BCUT2D eigenvalue weighted by molar-refractivity contribution is -0.113. The monoisotopic (exact) mass is 237 g/mol. The third-order valence-corrected chi connectivity index (χ3v) is 2.83. The summed E-state index contributed by atoms with van der Waals surface area (Å²) in [5.74, 6) is -0.0904. The summed E-state index contributed by atoms with van der Waals surface area (Å²) in [6.07, 6.45) is 0. The zero-order valence-corrected chi connectivity index (χ0v) is 10.3. The molecule has 0 aliphatic rings. The topological polar surface area (TPSA) is 20.3 Å². The van der Waals surface area contributed by atoms with Crippen LogP contribution < -0.4 is 4.90 Å². The van der Waals surface area contributed by atoms with Crippen LogP contribution in [0.1, 0.15) is 5.56 Å². The predicted octanol–water partition coefficient (Wildman–Crippen LogP) is 3.36. The van der Waals surface area contributed by atoms with Crippen LogP contribution in [0.25, 0.3) is 5.57 Å². The van der Waals surface area contributed by atoms with Crippen molar-refractivity contribution in [2.24, 2.45) is 0 Å². The number of hydrogen-bond acceptors (Lipinski definition) is 1. The van der Waals surface area contributed by atoms with Crippen LogP contribution in [0.15, 0.2) is 67.2 Å². The highest BCUT2D eigenvalue weighted by atomic mass is 16.2. The van der Waals surface area contributed by atoms with Gasteiger partial charge in [0.2, 0.25) is 0 Å². The van der Waals surface area contributed by atoms with Crippen molar-refractivity contribution in [2.45, 2.75) is 0 Å². The zero-order valence-electron chi connectivity index (χ0n) is 10.3. The largest absolute Gasteiger partial charge is 0.311 e. The van der Waals surface area contributed by atoms with Crippen molar-refractivity contribution in [3.63, 3.8) is 0 Å². The molecule has 0 bridgehead atoms. The van der Waals surface area contributed by atoms with Gasteiger partial charge in [0.15, 0.2) is 0 Å². The summed E-state index contributed by atoms with van der Waals surface area (Å²) in [6.45, 7) is 3.88. The molecule has 0 heterocycles. The Hall–Kier alpha value is -2.35. The van der Waals surface area contributed by atoms with Gasteiger partial charge in [-0.3, -0.25) is 4.79 Å². The fourth-order valence-electron chi connectivity index (χ4n) is 1.73. The second kappa shape index (κ2) is 5.32. The summed E-state index contributed by atoms with van der Waals surface area (Å²) in [6, 6.07) is 19.0. The molecule has 90 valence electrons. The number of anilines is 1. The number of para-hydroxylation sites is 1. The molecule has 0 spiro atoms. The van der Waals surface area contributed by atoms with Crippen LogP contribution >= 0.6 is 0 Å². The number of benzene rings is 2. The van der Waals surface area contributed by atoms with Crippen molar-refractivity contribution in [3.05, 3.63) is 72.8 Å². The van der Waals surface area contributed by atoms with E-state index in [0.717, 1.165) is 11.3 Å². The summed E-state index contributed by atoms with van der Waals surface area (Å²) in [5, 5.41) is 0. The highest BCUT2D eigenvalue weighted by Crippen LogP contribution is 2.19. The van der Waals surface area contributed by atoms with Crippen molar-refractivity contribution in [2.75, 3.05) is 11.9 Å². The second-order valence-corrected chi connectivity index (χ2v) is 4.04. The molecule has 0 fully saturated rings. The van der Waals surface area contributed by atoms with Crippen LogP contribution in [-0.4, -0.2) is 13.0 Å². The first-order valence-corrected chi connectivity index (χ1v) is 5.77. The summed E-state index contributed by atoms with van der Waals surface area (Å²) in [4.78, 5) is 13.9. The van der Waals surface area contributed by atoms with Crippen LogP contribution in [0, 0.1) is 0 Å². The summed E-state index contributed by atoms with van der Waals surface area (Å²) in [5.41, 5.74) is 2.21. The van der Waals surface area contributed by atoms with E-state index >= 15 is 0 Å². The maximum atomic E-state index is 12.3. The standard InChI is InChI=1S/C16H15NO/c1-13(14-9-5-3-6-10-14)16(18)17(2)15-11-7-4-8-12-15/h3-12H,1H2,2H3. The van der Waals surface area contributed by atoms with Gasteiger partial charge >= 0.3 is 0 Å². The molecule has 2 aromatic rings. The molecule has 0 N–H and O–H groups in total. The van der Waals surface area contributed by atoms with Gasteiger partial charge in [0.05, 0.1) is 0 Å². The molecule has 2 aromatic carbocycles. The first-order chi connectivity index (χ1) is 8.70. The molecule has 0 aliphatic carbocycles. The van der Waals surface area contributed by atoms with Gasteiger partial charge in [0.25, 0.3) is 5.91 Å². The number of likely N-dealkylation sites (N-methyl/N-ethyl adjacent to an activating group) is 1. The summed E-state index contributed by atoms with van der Waals surface area (Å²) < 4.78 is 0. The minimum Gasteiger partial charge on any atom is -0.311 e. The van der Waals surface area contributed by atoms with Crippen LogP contribution in [-0.2, 0) is 4.79 Å². The maximum Gasteiger partial charge on any atom is 0.258 e. The van der Waals surface area contributed by atoms with E-state index in [1.807, 2.05) is 60.7 Å². The number of nitrogens with zero attached hydrogens (tertiary/aromatic N) is 1. The lowest BCUT2D eigenvalue weighted by atomic mass is 10.1. The molecule has 0 atom stereocenters. The van der Waals surface area contributed by atoms with E-state index < -0.39 is 0 Å². The maximum absolute atomic E-state index is 12.3. The normalized spacial score (nSPS) is 9.83. The van der Waals surface area contributed by atoms with Crippen molar-refractivity contribution < 1.29 is 4.79 Å². The molecule has 0 saturated heterocycles. The lowest BCUT2D eigenvalue weighted by Crippen LogP contribution is -2.26. The van der Waals surface area contributed by atoms with E-state index in [4.69, 9.17) is 0 Å². The Morgan fingerprint density at radius 2 is 1.44 bits per heavy atom. The number of carbonyl (C=O) groups is 1. The Bertz CT molecular complexity index is 546. The van der Waals surface area contributed by atoms with Gasteiger partial charge in [-0.25, -0.2) is 0 Å². The molecule has 0 unspecified atom stereocenters. The molecule has 0 saturated carbocycles. The van der Waals surface area contributed by atoms with Crippen LogP contribution in [0.4, 0.5) is 5.69 Å². The molecule has 0 aliphatic heterocycles. The minimum atomic E-state index is -0.0904. The Labute approximate surface area is 107 Å². The van der Waals surface area contributed by atoms with Crippen LogP contribution in [0.5, 0.6) is 0 Å². The Morgan fingerprint density at radius 1 is 0.944 bits per heavy atom. The molecule has 0 aromatic heterocycles. The molecule has 0 radical (unpaired) electrons. The van der Waals surface area contributed by atoms with Crippen molar-refractivity contribution >= 4 is 17.2 Å². The van der Waals surface area contributed by atoms with E-state index in [-0.39, 0.29) is 5.91 Å². The number of carbonyl (C=O) groups excluding carboxylic acids is 1. The van der Waals surface area contributed by atoms with Gasteiger partial charge < -0.3 is 4.90 Å². The van der Waals surface area contributed by atoms with Crippen molar-refractivity contribution in [1.82, 2.24) is 0 Å². The van der Waals surface area contributed by atoms with E-state index in [9.17, 15) is 4.79 Å². The van der Waals surface area contributed by atoms with Crippen LogP contribution in [0.2, 0.25) is 0 Å². The Kier molecular flexibility index (Phi) is 3.58. The number of hydrogen-bond donors (Lipinski definition) is 0. The average molecular weight is 237 g/mol. The quantitative estimate of drug-likeness (QED) is 0.749. The third kappa shape index (κ3) is 2.48. The van der Waals surface area contributed by atoms with Gasteiger partial charge in [0, 0.05) is 18.3 Å². The first-order valence-electron chi connectivity index (χ1n) is 5.77. The highest BCUT2D eigenvalue weighted by Gasteiger charge is 2.15. The Morgan fingerprint density at radius 3 is 2.00 bits per heavy atom. The van der Waals surface area contributed by atoms with Crippen molar-refractivity contribution in [1.29, 1.82) is 0 Å². The smallest absolute Gasteiger partial charge is 0.258 e. The van der Waals surface area contributed by atoms with Gasteiger partial charge in [-0.2, -0.15) is 0 Å². The molecular weight excluding hydrogens is 222 g/mol. The average Bonchev–Trinajstić information content (AvgIpc) is 2.47. The minimum absolute atomic E-state index is 0.0904. The molecule has 18 heavy (non-hydrogen) atoms. The lowest BCUT2D eigenvalue weighted by Gasteiger charge is -2.18. The van der Waals surface area contributed by atoms with Crippen LogP contribution in [0.3, 0.4) is 0 Å². The van der Waals surface area contributed by atoms with E-state index in [2.05, 4.69) is 6.58 Å². The van der Waals surface area contributed by atoms with Gasteiger partial charge in [-0.1, -0.05) is 55.1 Å². The molecule has 2 heteroatoms. The fourth-order valence-corrected chi connectivity index (χ4v) is 1.73. The highest BCUT2D eigenvalue weighted by molar-refractivity contribution is 6.25. The summed E-state index contributed by atoms with van der Waals surface area (Å²) >= 11 is 0. The predicted molar refractivity (Wildman–Crippen MR) is 75.3 cm³/mol. The molecule has 2 rings (SSSR count). The van der Waals surface area contributed by atoms with Gasteiger partial charge in [0.1, 0.15) is 0 Å². The third-order valence-electron chi connectivity index (χ3n) is 2.83. The van der Waals surface area contributed by atoms with Gasteiger partial charge in [-0.15, -0.1) is 0 Å². The zero-order chi connectivity index (χ0) is 13.0. The first kappa shape index (κ1) is 12.1. The van der Waals surface area contributed by atoms with Gasteiger partial charge in [-0.05, 0) is 17.7 Å². The second-order valence-electron chi connectivity index (χ2n) is 4.04. The Balaban J connectivity index is 2.20. The molecule has 1 amide bonds. The molecular formula is C16H15NO.